The van der Waals surface area contributed by atoms with Gasteiger partial charge in [-0.15, -0.1) is 0 Å². The van der Waals surface area contributed by atoms with Crippen LogP contribution in [0.25, 0.3) is 0 Å². The van der Waals surface area contributed by atoms with E-state index in [0.29, 0.717) is 0 Å². The van der Waals surface area contributed by atoms with Gasteiger partial charge < -0.3 is 15.2 Å². The van der Waals surface area contributed by atoms with E-state index in [4.69, 9.17) is 28.8 Å². The van der Waals surface area contributed by atoms with Crippen LogP contribution in [0.3, 0.4) is 0 Å². The Labute approximate surface area is 187 Å². The molecule has 32 heavy (non-hydrogen) atoms. The third kappa shape index (κ3) is 5.47. The summed E-state index contributed by atoms with van der Waals surface area (Å²) in [6, 6.07) is 0. The smallest absolute Gasteiger partial charge is 0.463 e. The molecule has 3 aliphatic rings. The lowest BCUT2D eigenvalue weighted by Gasteiger charge is -2.38. The number of carbonyl (C=O) groups is 3. The summed E-state index contributed by atoms with van der Waals surface area (Å²) in [6.07, 6.45) is -0.372. The summed E-state index contributed by atoms with van der Waals surface area (Å²) in [5.41, 5.74) is 4.51. The van der Waals surface area contributed by atoms with Gasteiger partial charge in [-0.05, 0) is 32.3 Å². The van der Waals surface area contributed by atoms with Gasteiger partial charge in [0.1, 0.15) is 12.2 Å². The minimum atomic E-state index is -4.01. The Morgan fingerprint density at radius 2 is 2.09 bits per heavy atom. The molecule has 0 aliphatic carbocycles. The molecule has 3 rings (SSSR count). The fourth-order valence-corrected chi connectivity index (χ4v) is 5.43. The van der Waals surface area contributed by atoms with E-state index in [0.717, 1.165) is 0 Å². The first kappa shape index (κ1) is 25.0. The maximum absolute atomic E-state index is 13.1. The Kier molecular flexibility index (Phi) is 7.01. The summed E-state index contributed by atoms with van der Waals surface area (Å²) in [6.45, 7) is 8.45. The predicted octanol–water partition coefficient (Wildman–Crippen LogP) is 1.65. The van der Waals surface area contributed by atoms with E-state index in [1.165, 1.54) is 17.2 Å². The van der Waals surface area contributed by atoms with Crippen molar-refractivity contribution >= 4 is 25.5 Å². The summed E-state index contributed by atoms with van der Waals surface area (Å²) in [5, 5.41) is 0. The second-order valence-corrected chi connectivity index (χ2v) is 11.2. The number of hydrogen-bond acceptors (Lipinski definition) is 10. The van der Waals surface area contributed by atoms with Crippen LogP contribution in [0.15, 0.2) is 12.3 Å². The van der Waals surface area contributed by atoms with Crippen LogP contribution in [-0.2, 0) is 42.0 Å². The number of carbonyl (C=O) groups excluding carboxylic acids is 3. The first-order valence-electron chi connectivity index (χ1n) is 10.5. The molecule has 5 atom stereocenters. The highest BCUT2D eigenvalue weighted by atomic mass is 31.2. The average molecular weight is 474 g/mol. The van der Waals surface area contributed by atoms with E-state index < -0.39 is 49.1 Å². The number of rotatable bonds is 7. The normalized spacial score (nSPS) is 35.3. The van der Waals surface area contributed by atoms with E-state index >= 15 is 0 Å². The molecule has 180 valence electrons. The number of ether oxygens (including phenoxy) is 2. The zero-order chi connectivity index (χ0) is 23.9. The zero-order valence-corrected chi connectivity index (χ0v) is 19.8. The minimum Gasteiger partial charge on any atom is -0.463 e. The zero-order valence-electron chi connectivity index (χ0n) is 18.9. The van der Waals surface area contributed by atoms with Gasteiger partial charge in [-0.25, -0.2) is 4.57 Å². The molecule has 0 aromatic rings. The van der Waals surface area contributed by atoms with Crippen molar-refractivity contribution in [2.24, 2.45) is 11.1 Å². The average Bonchev–Trinajstić information content (AvgIpc) is 2.90. The molecule has 0 aromatic heterocycles. The van der Waals surface area contributed by atoms with Gasteiger partial charge in [-0.2, -0.15) is 0 Å². The number of phosphoric acid groups is 1. The number of allylic oxidation sites excluding steroid dienone is 1. The van der Waals surface area contributed by atoms with Crippen molar-refractivity contribution in [2.45, 2.75) is 77.5 Å². The molecule has 11 nitrogen and oxygen atoms in total. The van der Waals surface area contributed by atoms with E-state index in [-0.39, 0.29) is 37.9 Å². The molecule has 2 N–H and O–H groups in total. The Balaban J connectivity index is 1.65. The van der Waals surface area contributed by atoms with Crippen LogP contribution < -0.4 is 5.73 Å². The first-order valence-corrected chi connectivity index (χ1v) is 11.9. The van der Waals surface area contributed by atoms with Crippen molar-refractivity contribution in [3.63, 3.8) is 0 Å². The molecule has 0 aromatic carbocycles. The number of nitrogens with two attached hydrogens (primary N) is 1. The minimum absolute atomic E-state index is 0.0547. The van der Waals surface area contributed by atoms with Crippen molar-refractivity contribution in [2.75, 3.05) is 13.2 Å². The van der Waals surface area contributed by atoms with Gasteiger partial charge >= 0.3 is 13.8 Å². The highest BCUT2D eigenvalue weighted by molar-refractivity contribution is 7.48. The van der Waals surface area contributed by atoms with Gasteiger partial charge in [-0.3, -0.25) is 32.9 Å². The summed E-state index contributed by atoms with van der Waals surface area (Å²) in [5.74, 6) is -1.15. The van der Waals surface area contributed by atoms with Gasteiger partial charge in [0.25, 0.3) is 0 Å². The molecule has 3 aliphatic heterocycles. The first-order chi connectivity index (χ1) is 14.7. The molecular formula is C20H31N2O9P. The molecule has 0 radical (unpaired) electrons. The van der Waals surface area contributed by atoms with E-state index in [1.807, 2.05) is 0 Å². The fraction of sp³-hybridized carbons (Fsp3) is 0.750. The van der Waals surface area contributed by atoms with E-state index in [2.05, 4.69) is 0 Å². The fourth-order valence-electron chi connectivity index (χ4n) is 3.75. The van der Waals surface area contributed by atoms with Crippen LogP contribution in [0.4, 0.5) is 0 Å². The Hall–Kier alpha value is -1.62. The molecule has 1 amide bonds. The Morgan fingerprint density at radius 1 is 1.41 bits per heavy atom. The molecular weight excluding hydrogens is 443 g/mol. The van der Waals surface area contributed by atoms with Crippen molar-refractivity contribution in [1.29, 1.82) is 0 Å². The van der Waals surface area contributed by atoms with Crippen molar-refractivity contribution in [3.8, 4) is 0 Å². The molecule has 3 heterocycles. The lowest BCUT2D eigenvalue weighted by Crippen LogP contribution is -2.60. The monoisotopic (exact) mass is 474 g/mol. The second kappa shape index (κ2) is 8.96. The number of phosphoric ester groups is 1. The molecule has 0 spiro atoms. The van der Waals surface area contributed by atoms with E-state index in [9.17, 15) is 18.9 Å². The summed E-state index contributed by atoms with van der Waals surface area (Å²) >= 11 is 0. The Morgan fingerprint density at radius 3 is 2.72 bits per heavy atom. The van der Waals surface area contributed by atoms with Gasteiger partial charge in [0.15, 0.2) is 12.0 Å². The lowest BCUT2D eigenvalue weighted by molar-refractivity contribution is -0.150. The quantitative estimate of drug-likeness (QED) is 0.328. The Bertz CT molecular complexity index is 854. The molecule has 12 heteroatoms. The van der Waals surface area contributed by atoms with Gasteiger partial charge in [0.2, 0.25) is 5.91 Å². The van der Waals surface area contributed by atoms with Gasteiger partial charge in [-0.1, -0.05) is 13.8 Å². The standard InChI is InChI=1S/C20H31N2O9P/c1-12(2)29-16(25)9-19(3,4)11-28-32(26)27-10-14-17(31-32)20(5,21)18(30-14)22-7-6-13(23)8-15(22)24/h6-7,12,14,17-18H,8-11,21H2,1-5H3/t14-,17-,18-,20-,32+/m1/s1. The maximum atomic E-state index is 13.1. The van der Waals surface area contributed by atoms with Crippen LogP contribution in [0.1, 0.15) is 47.5 Å². The highest BCUT2D eigenvalue weighted by Crippen LogP contribution is 2.58. The predicted molar refractivity (Wildman–Crippen MR) is 111 cm³/mol. The molecule has 0 saturated carbocycles. The van der Waals surface area contributed by atoms with Crippen molar-refractivity contribution in [3.05, 3.63) is 12.3 Å². The second-order valence-electron chi connectivity index (χ2n) is 9.57. The summed E-state index contributed by atoms with van der Waals surface area (Å²) in [7, 11) is -4.01. The van der Waals surface area contributed by atoms with Crippen molar-refractivity contribution in [1.82, 2.24) is 4.90 Å². The maximum Gasteiger partial charge on any atom is 0.475 e. The molecule has 0 unspecified atom stereocenters. The molecule has 2 saturated heterocycles. The number of nitrogens with zero attached hydrogens (tertiary/aromatic N) is 1. The third-order valence-corrected chi connectivity index (χ3v) is 6.71. The number of fused-ring (bicyclic) bond motifs is 1. The van der Waals surface area contributed by atoms with Crippen LogP contribution in [0.5, 0.6) is 0 Å². The largest absolute Gasteiger partial charge is 0.475 e. The summed E-state index contributed by atoms with van der Waals surface area (Å²) < 4.78 is 40.7. The third-order valence-electron chi connectivity index (χ3n) is 5.32. The topological polar surface area (TPSA) is 144 Å². The number of amides is 1. The lowest BCUT2D eigenvalue weighted by atomic mass is 9.91. The number of esters is 1. The van der Waals surface area contributed by atoms with Crippen LogP contribution in [0, 0.1) is 5.41 Å². The number of ketones is 1. The van der Waals surface area contributed by atoms with Gasteiger partial charge in [0.05, 0.1) is 37.7 Å². The molecule has 2 fully saturated rings. The molecule has 0 bridgehead atoms. The SMILES string of the molecule is CC(C)OC(=O)CC(C)(C)CO[P@]1(=O)OC[C@H]2O[C@@H](N3C=CC(=O)CC3=O)[C@](C)(N)[C@@H]2O1. The van der Waals surface area contributed by atoms with Crippen LogP contribution >= 0.6 is 7.82 Å². The number of hydrogen-bond donors (Lipinski definition) is 1. The highest BCUT2D eigenvalue weighted by Gasteiger charge is 2.60. The van der Waals surface area contributed by atoms with Crippen LogP contribution in [0.2, 0.25) is 0 Å². The van der Waals surface area contributed by atoms with E-state index in [1.54, 1.807) is 34.6 Å². The van der Waals surface area contributed by atoms with Gasteiger partial charge in [0, 0.05) is 6.20 Å². The summed E-state index contributed by atoms with van der Waals surface area (Å²) in [4.78, 5) is 37.0. The van der Waals surface area contributed by atoms with Crippen molar-refractivity contribution < 1.29 is 42.0 Å². The van der Waals surface area contributed by atoms with Crippen LogP contribution in [-0.4, -0.2) is 65.9 Å².